The molecule has 0 bridgehead atoms. The summed E-state index contributed by atoms with van der Waals surface area (Å²) >= 11 is 8.76. The Balaban J connectivity index is 1.49. The SMILES string of the molecule is CCCCCCOc1ccc(Br)cc1C(=O)NC(=S)Nc1ccc(NC(=O)CCc2ccccc2)cc1. The van der Waals surface area contributed by atoms with E-state index in [-0.39, 0.29) is 16.9 Å². The second-order valence-electron chi connectivity index (χ2n) is 8.57. The molecule has 3 aromatic carbocycles. The Morgan fingerprint density at radius 2 is 1.59 bits per heavy atom. The molecule has 0 unspecified atom stereocenters. The second kappa shape index (κ2) is 15.1. The van der Waals surface area contributed by atoms with Crippen molar-refractivity contribution in [2.45, 2.75) is 45.4 Å². The Kier molecular flexibility index (Phi) is 11.6. The van der Waals surface area contributed by atoms with Crippen LogP contribution < -0.4 is 20.7 Å². The molecular weight excluding hydrogens is 550 g/mol. The molecule has 2 amide bonds. The van der Waals surface area contributed by atoms with E-state index >= 15 is 0 Å². The van der Waals surface area contributed by atoms with Crippen molar-refractivity contribution >= 4 is 56.4 Å². The zero-order chi connectivity index (χ0) is 26.5. The molecule has 0 aliphatic carbocycles. The van der Waals surface area contributed by atoms with Crippen molar-refractivity contribution in [2.24, 2.45) is 0 Å². The maximum Gasteiger partial charge on any atom is 0.261 e. The lowest BCUT2D eigenvalue weighted by Crippen LogP contribution is -2.34. The molecule has 0 atom stereocenters. The highest BCUT2D eigenvalue weighted by atomic mass is 79.9. The molecule has 37 heavy (non-hydrogen) atoms. The lowest BCUT2D eigenvalue weighted by molar-refractivity contribution is -0.116. The fraction of sp³-hybridized carbons (Fsp3) is 0.276. The molecule has 6 nitrogen and oxygen atoms in total. The monoisotopic (exact) mass is 581 g/mol. The van der Waals surface area contributed by atoms with Gasteiger partial charge >= 0.3 is 0 Å². The number of ether oxygens (including phenoxy) is 1. The van der Waals surface area contributed by atoms with E-state index in [0.29, 0.717) is 42.1 Å². The van der Waals surface area contributed by atoms with Gasteiger partial charge < -0.3 is 15.4 Å². The average Bonchev–Trinajstić information content (AvgIpc) is 2.89. The summed E-state index contributed by atoms with van der Waals surface area (Å²) in [5.74, 6) is 0.113. The van der Waals surface area contributed by atoms with E-state index in [2.05, 4.69) is 38.8 Å². The third-order valence-corrected chi connectivity index (χ3v) is 6.28. The van der Waals surface area contributed by atoms with Gasteiger partial charge in [0.25, 0.3) is 5.91 Å². The van der Waals surface area contributed by atoms with Crippen molar-refractivity contribution in [2.75, 3.05) is 17.2 Å². The second-order valence-corrected chi connectivity index (χ2v) is 9.89. The normalized spacial score (nSPS) is 10.4. The number of aryl methyl sites for hydroxylation is 1. The topological polar surface area (TPSA) is 79.5 Å². The van der Waals surface area contributed by atoms with Gasteiger partial charge in [-0.05, 0) is 73.1 Å². The summed E-state index contributed by atoms with van der Waals surface area (Å²) in [5.41, 5.74) is 2.91. The van der Waals surface area contributed by atoms with Crippen LogP contribution in [-0.4, -0.2) is 23.5 Å². The molecule has 194 valence electrons. The Morgan fingerprint density at radius 3 is 2.30 bits per heavy atom. The number of rotatable bonds is 12. The van der Waals surface area contributed by atoms with E-state index in [0.717, 1.165) is 29.3 Å². The van der Waals surface area contributed by atoms with Crippen LogP contribution in [0.5, 0.6) is 5.75 Å². The minimum Gasteiger partial charge on any atom is -0.493 e. The van der Waals surface area contributed by atoms with Crippen LogP contribution in [0.4, 0.5) is 11.4 Å². The Hall–Kier alpha value is -3.23. The van der Waals surface area contributed by atoms with Gasteiger partial charge in [0.15, 0.2) is 5.11 Å². The fourth-order valence-electron chi connectivity index (χ4n) is 3.61. The van der Waals surface area contributed by atoms with Gasteiger partial charge in [0.1, 0.15) is 5.75 Å². The van der Waals surface area contributed by atoms with Crippen LogP contribution in [0.3, 0.4) is 0 Å². The first-order valence-corrected chi connectivity index (χ1v) is 13.6. The van der Waals surface area contributed by atoms with Crippen molar-refractivity contribution in [3.05, 3.63) is 88.4 Å². The predicted molar refractivity (Wildman–Crippen MR) is 157 cm³/mol. The molecule has 3 N–H and O–H groups in total. The van der Waals surface area contributed by atoms with Crippen molar-refractivity contribution in [3.63, 3.8) is 0 Å². The first-order chi connectivity index (χ1) is 17.9. The number of unbranched alkanes of at least 4 members (excludes halogenated alkanes) is 3. The van der Waals surface area contributed by atoms with Gasteiger partial charge in [-0.2, -0.15) is 0 Å². The summed E-state index contributed by atoms with van der Waals surface area (Å²) in [4.78, 5) is 25.2. The van der Waals surface area contributed by atoms with E-state index < -0.39 is 0 Å². The molecular formula is C29H32BrN3O3S. The molecule has 8 heteroatoms. The van der Waals surface area contributed by atoms with Gasteiger partial charge in [-0.15, -0.1) is 0 Å². The molecule has 3 rings (SSSR count). The summed E-state index contributed by atoms with van der Waals surface area (Å²) in [5, 5.41) is 8.78. The van der Waals surface area contributed by atoms with Crippen LogP contribution in [0, 0.1) is 0 Å². The van der Waals surface area contributed by atoms with E-state index in [4.69, 9.17) is 17.0 Å². The first kappa shape index (κ1) is 28.3. The highest BCUT2D eigenvalue weighted by Gasteiger charge is 2.15. The Labute approximate surface area is 232 Å². The quantitative estimate of drug-likeness (QED) is 0.157. The van der Waals surface area contributed by atoms with Gasteiger partial charge in [-0.25, -0.2) is 0 Å². The number of hydrogen-bond acceptors (Lipinski definition) is 4. The van der Waals surface area contributed by atoms with Crippen LogP contribution in [0.1, 0.15) is 54.9 Å². The molecule has 0 spiro atoms. The zero-order valence-electron chi connectivity index (χ0n) is 20.9. The van der Waals surface area contributed by atoms with Crippen molar-refractivity contribution in [1.29, 1.82) is 0 Å². The largest absolute Gasteiger partial charge is 0.493 e. The van der Waals surface area contributed by atoms with Crippen molar-refractivity contribution < 1.29 is 14.3 Å². The van der Waals surface area contributed by atoms with E-state index in [1.54, 1.807) is 36.4 Å². The first-order valence-electron chi connectivity index (χ1n) is 12.4. The Morgan fingerprint density at radius 1 is 0.892 bits per heavy atom. The molecule has 3 aromatic rings. The summed E-state index contributed by atoms with van der Waals surface area (Å²) in [6.07, 6.45) is 5.44. The highest BCUT2D eigenvalue weighted by Crippen LogP contribution is 2.24. The van der Waals surface area contributed by atoms with Gasteiger partial charge in [0.05, 0.1) is 12.2 Å². The number of carbonyl (C=O) groups is 2. The lowest BCUT2D eigenvalue weighted by Gasteiger charge is -2.14. The maximum absolute atomic E-state index is 12.9. The molecule has 0 radical (unpaired) electrons. The molecule has 0 heterocycles. The van der Waals surface area contributed by atoms with Crippen LogP contribution in [-0.2, 0) is 11.2 Å². The van der Waals surface area contributed by atoms with E-state index in [1.165, 1.54) is 6.42 Å². The molecule has 0 aromatic heterocycles. The van der Waals surface area contributed by atoms with Crippen LogP contribution in [0.25, 0.3) is 0 Å². The van der Waals surface area contributed by atoms with Gasteiger partial charge in [-0.1, -0.05) is 72.4 Å². The van der Waals surface area contributed by atoms with Crippen LogP contribution >= 0.6 is 28.1 Å². The summed E-state index contributed by atoms with van der Waals surface area (Å²) in [6.45, 7) is 2.72. The number of nitrogens with one attached hydrogen (secondary N) is 3. The van der Waals surface area contributed by atoms with E-state index in [1.807, 2.05) is 36.4 Å². The predicted octanol–water partition coefficient (Wildman–Crippen LogP) is 7.11. The fourth-order valence-corrected chi connectivity index (χ4v) is 4.18. The van der Waals surface area contributed by atoms with Gasteiger partial charge in [0.2, 0.25) is 5.91 Å². The third kappa shape index (κ3) is 9.98. The summed E-state index contributed by atoms with van der Waals surface area (Å²) < 4.78 is 6.64. The third-order valence-electron chi connectivity index (χ3n) is 5.58. The number of anilines is 2. The summed E-state index contributed by atoms with van der Waals surface area (Å²) in [7, 11) is 0. The average molecular weight is 583 g/mol. The molecule has 0 aliphatic rings. The molecule has 0 saturated carbocycles. The zero-order valence-corrected chi connectivity index (χ0v) is 23.3. The minimum atomic E-state index is -0.357. The number of benzene rings is 3. The van der Waals surface area contributed by atoms with Crippen LogP contribution in [0.15, 0.2) is 77.3 Å². The maximum atomic E-state index is 12.9. The number of halogens is 1. The Bertz CT molecular complexity index is 1190. The van der Waals surface area contributed by atoms with Crippen LogP contribution in [0.2, 0.25) is 0 Å². The minimum absolute atomic E-state index is 0.0512. The number of thiocarbonyl (C=S) groups is 1. The van der Waals surface area contributed by atoms with Crippen molar-refractivity contribution in [1.82, 2.24) is 5.32 Å². The smallest absolute Gasteiger partial charge is 0.261 e. The number of hydrogen-bond donors (Lipinski definition) is 3. The highest BCUT2D eigenvalue weighted by molar-refractivity contribution is 9.10. The number of carbonyl (C=O) groups excluding carboxylic acids is 2. The van der Waals surface area contributed by atoms with Gasteiger partial charge in [0, 0.05) is 22.3 Å². The molecule has 0 fully saturated rings. The van der Waals surface area contributed by atoms with Crippen molar-refractivity contribution in [3.8, 4) is 5.75 Å². The summed E-state index contributed by atoms with van der Waals surface area (Å²) in [6, 6.07) is 22.4. The van der Waals surface area contributed by atoms with E-state index in [9.17, 15) is 9.59 Å². The lowest BCUT2D eigenvalue weighted by atomic mass is 10.1. The standard InChI is InChI=1S/C29H32BrN3O3S/c1-2-3-4-8-19-36-26-17-12-22(30)20-25(26)28(35)33-29(37)32-24-15-13-23(14-16-24)31-27(34)18-11-21-9-6-5-7-10-21/h5-7,9-10,12-17,20H,2-4,8,11,18-19H2,1H3,(H,31,34)(H2,32,33,35,37). The molecule has 0 saturated heterocycles. The van der Waals surface area contributed by atoms with Gasteiger partial charge in [-0.3, -0.25) is 14.9 Å². The number of amides is 2. The molecule has 0 aliphatic heterocycles.